The zero-order valence-corrected chi connectivity index (χ0v) is 19.0. The number of hydrogen-bond donors (Lipinski definition) is 0. The average molecular weight is 464 g/mol. The molecule has 0 saturated heterocycles. The van der Waals surface area contributed by atoms with Crippen LogP contribution in [0.4, 0.5) is 0 Å². The normalized spacial score (nSPS) is 11.9. The Morgan fingerprint density at radius 2 is 1.47 bits per heavy atom. The first-order valence-corrected chi connectivity index (χ1v) is 11.7. The summed E-state index contributed by atoms with van der Waals surface area (Å²) in [5, 5.41) is 4.16. The lowest BCUT2D eigenvalue weighted by atomic mass is 10.1. The number of para-hydroxylation sites is 1. The second kappa shape index (κ2) is 7.20. The summed E-state index contributed by atoms with van der Waals surface area (Å²) in [6.07, 6.45) is 5.25. The molecule has 36 heavy (non-hydrogen) atoms. The minimum Gasteiger partial charge on any atom is -0.454 e. The van der Waals surface area contributed by atoms with E-state index in [4.69, 9.17) is 14.4 Å². The van der Waals surface area contributed by atoms with Gasteiger partial charge in [-0.1, -0.05) is 54.6 Å². The highest BCUT2D eigenvalue weighted by Gasteiger charge is 2.21. The second-order valence-electron chi connectivity index (χ2n) is 8.76. The van der Waals surface area contributed by atoms with Crippen molar-refractivity contribution in [1.82, 2.24) is 24.5 Å². The summed E-state index contributed by atoms with van der Waals surface area (Å²) < 4.78 is 8.64. The average Bonchev–Trinajstić information content (AvgIpc) is 3.50. The predicted molar refractivity (Wildman–Crippen MR) is 142 cm³/mol. The largest absolute Gasteiger partial charge is 0.454 e. The molecule has 0 N–H and O–H groups in total. The van der Waals surface area contributed by atoms with Crippen molar-refractivity contribution < 1.29 is 4.42 Å². The summed E-state index contributed by atoms with van der Waals surface area (Å²) in [6.45, 7) is 0. The Hall–Kier alpha value is -5.10. The highest BCUT2D eigenvalue weighted by Crippen LogP contribution is 2.41. The second-order valence-corrected chi connectivity index (χ2v) is 8.76. The van der Waals surface area contributed by atoms with Crippen LogP contribution in [0.5, 0.6) is 0 Å². The highest BCUT2D eigenvalue weighted by molar-refractivity contribution is 6.25. The number of benzene rings is 4. The maximum atomic E-state index is 6.54. The molecule has 0 aliphatic carbocycles. The van der Waals surface area contributed by atoms with Gasteiger partial charge in [-0.05, 0) is 30.3 Å². The standard InChI is InChI=1S/C30H17N5O/c1-2-6-18(7-3-1)22-14-15-33-30(34-22)35-24-9-5-4-8-19(24)20-10-11-21-26-25(36-29(21)28(20)35)13-12-23-27(26)32-17-16-31-23/h1-17H. The van der Waals surface area contributed by atoms with Crippen molar-refractivity contribution >= 4 is 54.8 Å². The Morgan fingerprint density at radius 3 is 2.42 bits per heavy atom. The van der Waals surface area contributed by atoms with Crippen molar-refractivity contribution in [3.63, 3.8) is 0 Å². The van der Waals surface area contributed by atoms with Gasteiger partial charge in [-0.25, -0.2) is 9.97 Å². The third-order valence-corrected chi connectivity index (χ3v) is 6.79. The number of hydrogen-bond acceptors (Lipinski definition) is 5. The Morgan fingerprint density at radius 1 is 0.639 bits per heavy atom. The van der Waals surface area contributed by atoms with Gasteiger partial charge in [0.1, 0.15) is 16.6 Å². The molecule has 8 aromatic rings. The van der Waals surface area contributed by atoms with Crippen molar-refractivity contribution in [2.24, 2.45) is 0 Å². The Labute approximate surface area is 204 Å². The van der Waals surface area contributed by atoms with Gasteiger partial charge in [-0.3, -0.25) is 14.5 Å². The van der Waals surface area contributed by atoms with Crippen molar-refractivity contribution in [1.29, 1.82) is 0 Å². The quantitative estimate of drug-likeness (QED) is 0.274. The van der Waals surface area contributed by atoms with Gasteiger partial charge < -0.3 is 4.42 Å². The molecule has 0 aliphatic rings. The maximum absolute atomic E-state index is 6.54. The summed E-state index contributed by atoms with van der Waals surface area (Å²) in [6, 6.07) is 28.6. The van der Waals surface area contributed by atoms with Crippen LogP contribution >= 0.6 is 0 Å². The molecule has 4 aromatic carbocycles. The maximum Gasteiger partial charge on any atom is 0.235 e. The number of furan rings is 1. The minimum atomic E-state index is 0.597. The van der Waals surface area contributed by atoms with Gasteiger partial charge in [0.05, 0.1) is 22.1 Å². The van der Waals surface area contributed by atoms with E-state index in [9.17, 15) is 0 Å². The van der Waals surface area contributed by atoms with Gasteiger partial charge in [0, 0.05) is 40.3 Å². The van der Waals surface area contributed by atoms with Crippen LogP contribution in [-0.4, -0.2) is 24.5 Å². The fourth-order valence-electron chi connectivity index (χ4n) is 5.23. The van der Waals surface area contributed by atoms with E-state index < -0.39 is 0 Å². The van der Waals surface area contributed by atoms with E-state index in [2.05, 4.69) is 57.0 Å². The van der Waals surface area contributed by atoms with Gasteiger partial charge in [0.25, 0.3) is 0 Å². The Kier molecular flexibility index (Phi) is 3.85. The molecule has 0 atom stereocenters. The van der Waals surface area contributed by atoms with Crippen molar-refractivity contribution in [2.75, 3.05) is 0 Å². The summed E-state index contributed by atoms with van der Waals surface area (Å²) in [7, 11) is 0. The fourth-order valence-corrected chi connectivity index (χ4v) is 5.23. The smallest absolute Gasteiger partial charge is 0.235 e. The van der Waals surface area contributed by atoms with E-state index in [1.807, 2.05) is 48.7 Å². The van der Waals surface area contributed by atoms with Crippen LogP contribution in [0.3, 0.4) is 0 Å². The van der Waals surface area contributed by atoms with Crippen LogP contribution in [0.15, 0.2) is 108 Å². The molecule has 8 rings (SSSR count). The number of rotatable bonds is 2. The molecule has 4 heterocycles. The van der Waals surface area contributed by atoms with Crippen molar-refractivity contribution in [3.05, 3.63) is 104 Å². The van der Waals surface area contributed by atoms with Crippen LogP contribution in [0.2, 0.25) is 0 Å². The van der Waals surface area contributed by atoms with Crippen molar-refractivity contribution in [2.45, 2.75) is 0 Å². The molecule has 6 heteroatoms. The molecule has 0 saturated carbocycles. The first-order valence-electron chi connectivity index (χ1n) is 11.7. The molecule has 168 valence electrons. The summed E-state index contributed by atoms with van der Waals surface area (Å²) >= 11 is 0. The molecule has 4 aromatic heterocycles. The van der Waals surface area contributed by atoms with E-state index in [0.717, 1.165) is 66.0 Å². The third kappa shape index (κ3) is 2.61. The zero-order chi connectivity index (χ0) is 23.6. The van der Waals surface area contributed by atoms with Gasteiger partial charge in [-0.2, -0.15) is 0 Å². The molecule has 0 fully saturated rings. The SMILES string of the molecule is c1ccc(-c2ccnc(-n3c4ccccc4c4ccc5c(oc6ccc7nccnc7c65)c43)n2)cc1. The zero-order valence-electron chi connectivity index (χ0n) is 19.0. The predicted octanol–water partition coefficient (Wildman–Crippen LogP) is 7.08. The van der Waals surface area contributed by atoms with Gasteiger partial charge >= 0.3 is 0 Å². The molecule has 0 aliphatic heterocycles. The van der Waals surface area contributed by atoms with Gasteiger partial charge in [0.2, 0.25) is 5.95 Å². The van der Waals surface area contributed by atoms with Crippen LogP contribution in [-0.2, 0) is 0 Å². The minimum absolute atomic E-state index is 0.597. The van der Waals surface area contributed by atoms with E-state index in [-0.39, 0.29) is 0 Å². The number of fused-ring (bicyclic) bond motifs is 9. The Bertz CT molecular complexity index is 2110. The van der Waals surface area contributed by atoms with Crippen LogP contribution in [0.25, 0.3) is 72.0 Å². The molecule has 0 unspecified atom stereocenters. The van der Waals surface area contributed by atoms with Gasteiger partial charge in [0.15, 0.2) is 5.58 Å². The van der Waals surface area contributed by atoms with Crippen molar-refractivity contribution in [3.8, 4) is 17.2 Å². The molecule has 6 nitrogen and oxygen atoms in total. The first-order chi connectivity index (χ1) is 17.9. The molecule has 0 radical (unpaired) electrons. The lowest BCUT2D eigenvalue weighted by Gasteiger charge is -2.08. The lowest BCUT2D eigenvalue weighted by Crippen LogP contribution is -2.01. The van der Waals surface area contributed by atoms with Crippen LogP contribution in [0.1, 0.15) is 0 Å². The summed E-state index contributed by atoms with van der Waals surface area (Å²) in [5.41, 5.74) is 7.10. The molecular formula is C30H17N5O. The molecular weight excluding hydrogens is 446 g/mol. The molecule has 0 spiro atoms. The lowest BCUT2D eigenvalue weighted by molar-refractivity contribution is 0.671. The van der Waals surface area contributed by atoms with E-state index in [0.29, 0.717) is 5.95 Å². The summed E-state index contributed by atoms with van der Waals surface area (Å²) in [5.74, 6) is 0.597. The summed E-state index contributed by atoms with van der Waals surface area (Å²) in [4.78, 5) is 18.8. The topological polar surface area (TPSA) is 69.6 Å². The Balaban J connectivity index is 1.53. The first kappa shape index (κ1) is 19.2. The molecule has 0 bridgehead atoms. The van der Waals surface area contributed by atoms with Gasteiger partial charge in [-0.15, -0.1) is 0 Å². The number of aromatic nitrogens is 5. The van der Waals surface area contributed by atoms with Crippen LogP contribution < -0.4 is 0 Å². The highest BCUT2D eigenvalue weighted by atomic mass is 16.3. The fraction of sp³-hybridized carbons (Fsp3) is 0. The monoisotopic (exact) mass is 463 g/mol. The van der Waals surface area contributed by atoms with Crippen LogP contribution in [0, 0.1) is 0 Å². The number of nitrogens with zero attached hydrogens (tertiary/aromatic N) is 5. The molecule has 0 amide bonds. The van der Waals surface area contributed by atoms with E-state index in [1.54, 1.807) is 12.4 Å². The third-order valence-electron chi connectivity index (χ3n) is 6.79. The van der Waals surface area contributed by atoms with E-state index in [1.165, 1.54) is 0 Å². The van der Waals surface area contributed by atoms with E-state index >= 15 is 0 Å².